The summed E-state index contributed by atoms with van der Waals surface area (Å²) in [5.74, 6) is 0. The van der Waals surface area contributed by atoms with Crippen molar-refractivity contribution in [2.24, 2.45) is 0 Å². The van der Waals surface area contributed by atoms with Crippen LogP contribution in [-0.4, -0.2) is 0 Å². The maximum atomic E-state index is 5.73. The molecule has 0 aromatic heterocycles. The van der Waals surface area contributed by atoms with E-state index in [0.717, 1.165) is 15.8 Å². The van der Waals surface area contributed by atoms with Crippen molar-refractivity contribution >= 4 is 27.3 Å². The molecule has 2 aromatic carbocycles. The molecule has 0 spiro atoms. The Morgan fingerprint density at radius 3 is 2.39 bits per heavy atom. The highest BCUT2D eigenvalue weighted by Crippen LogP contribution is 2.28. The molecular formula is C15H17BrN2. The summed E-state index contributed by atoms with van der Waals surface area (Å²) in [6.07, 6.45) is 0. The van der Waals surface area contributed by atoms with E-state index in [1.165, 1.54) is 11.1 Å². The second-order valence-electron chi connectivity index (χ2n) is 4.52. The number of rotatable bonds is 3. The molecule has 3 heteroatoms. The van der Waals surface area contributed by atoms with Crippen molar-refractivity contribution in [1.82, 2.24) is 0 Å². The zero-order chi connectivity index (χ0) is 13.1. The molecule has 0 aliphatic carbocycles. The lowest BCUT2D eigenvalue weighted by Gasteiger charge is -2.17. The molecule has 0 saturated heterocycles. The second-order valence-corrected chi connectivity index (χ2v) is 5.37. The van der Waals surface area contributed by atoms with Crippen LogP contribution in [0.15, 0.2) is 46.9 Å². The summed E-state index contributed by atoms with van der Waals surface area (Å²) < 4.78 is 0.987. The summed E-state index contributed by atoms with van der Waals surface area (Å²) in [4.78, 5) is 0. The first-order valence-corrected chi connectivity index (χ1v) is 6.73. The summed E-state index contributed by atoms with van der Waals surface area (Å²) >= 11 is 3.52. The summed E-state index contributed by atoms with van der Waals surface area (Å²) in [5.41, 5.74) is 10.1. The maximum Gasteiger partial charge on any atom is 0.0490 e. The molecule has 2 nitrogen and oxygen atoms in total. The molecule has 0 fully saturated rings. The van der Waals surface area contributed by atoms with Gasteiger partial charge in [-0.05, 0) is 53.5 Å². The van der Waals surface area contributed by atoms with Gasteiger partial charge < -0.3 is 11.1 Å². The summed E-state index contributed by atoms with van der Waals surface area (Å²) in [5, 5.41) is 3.47. The molecule has 0 aliphatic heterocycles. The van der Waals surface area contributed by atoms with Gasteiger partial charge in [0.1, 0.15) is 0 Å². The van der Waals surface area contributed by atoms with Crippen molar-refractivity contribution in [3.63, 3.8) is 0 Å². The van der Waals surface area contributed by atoms with E-state index in [9.17, 15) is 0 Å². The molecule has 0 radical (unpaired) electrons. The van der Waals surface area contributed by atoms with Gasteiger partial charge in [0.25, 0.3) is 0 Å². The molecule has 0 bridgehead atoms. The van der Waals surface area contributed by atoms with Crippen molar-refractivity contribution in [2.45, 2.75) is 19.9 Å². The van der Waals surface area contributed by atoms with Gasteiger partial charge in [-0.15, -0.1) is 0 Å². The largest absolute Gasteiger partial charge is 0.399 e. The zero-order valence-corrected chi connectivity index (χ0v) is 12.2. The van der Waals surface area contributed by atoms with Gasteiger partial charge in [0.15, 0.2) is 0 Å². The van der Waals surface area contributed by atoms with Crippen LogP contribution in [0.2, 0.25) is 0 Å². The molecule has 3 N–H and O–H groups in total. The number of hydrogen-bond donors (Lipinski definition) is 2. The van der Waals surface area contributed by atoms with Crippen LogP contribution in [0.3, 0.4) is 0 Å². The Hall–Kier alpha value is -1.48. The molecule has 0 heterocycles. The Balaban J connectivity index is 2.15. The Kier molecular flexibility index (Phi) is 3.92. The van der Waals surface area contributed by atoms with Gasteiger partial charge in [0.05, 0.1) is 0 Å². The lowest BCUT2D eigenvalue weighted by atomic mass is 10.1. The molecule has 18 heavy (non-hydrogen) atoms. The Bertz CT molecular complexity index is 535. The van der Waals surface area contributed by atoms with Crippen molar-refractivity contribution < 1.29 is 0 Å². The fourth-order valence-corrected chi connectivity index (χ4v) is 2.33. The Morgan fingerprint density at radius 1 is 1.11 bits per heavy atom. The van der Waals surface area contributed by atoms with E-state index in [4.69, 9.17) is 5.73 Å². The van der Waals surface area contributed by atoms with E-state index in [-0.39, 0.29) is 6.04 Å². The van der Waals surface area contributed by atoms with Crippen LogP contribution in [0.5, 0.6) is 0 Å². The Labute approximate surface area is 116 Å². The lowest BCUT2D eigenvalue weighted by Crippen LogP contribution is -2.07. The van der Waals surface area contributed by atoms with Crippen LogP contribution in [0.4, 0.5) is 11.4 Å². The van der Waals surface area contributed by atoms with E-state index in [0.29, 0.717) is 0 Å². The number of benzene rings is 2. The van der Waals surface area contributed by atoms with Crippen LogP contribution in [0, 0.1) is 6.92 Å². The predicted octanol–water partition coefficient (Wildman–Crippen LogP) is 4.51. The topological polar surface area (TPSA) is 38.0 Å². The van der Waals surface area contributed by atoms with Gasteiger partial charge in [0, 0.05) is 21.9 Å². The van der Waals surface area contributed by atoms with E-state index in [2.05, 4.69) is 59.4 Å². The SMILES string of the molecule is Cc1ccc(C(C)Nc2ccc(N)cc2Br)cc1. The van der Waals surface area contributed by atoms with E-state index in [1.807, 2.05) is 18.2 Å². The fourth-order valence-electron chi connectivity index (χ4n) is 1.82. The highest BCUT2D eigenvalue weighted by atomic mass is 79.9. The maximum absolute atomic E-state index is 5.73. The lowest BCUT2D eigenvalue weighted by molar-refractivity contribution is 0.883. The highest BCUT2D eigenvalue weighted by molar-refractivity contribution is 9.10. The van der Waals surface area contributed by atoms with Gasteiger partial charge in [-0.2, -0.15) is 0 Å². The molecule has 2 aromatic rings. The van der Waals surface area contributed by atoms with Gasteiger partial charge >= 0.3 is 0 Å². The van der Waals surface area contributed by atoms with Crippen LogP contribution < -0.4 is 11.1 Å². The first-order chi connectivity index (χ1) is 8.56. The number of nitrogens with one attached hydrogen (secondary N) is 1. The van der Waals surface area contributed by atoms with Crippen molar-refractivity contribution in [3.8, 4) is 0 Å². The highest BCUT2D eigenvalue weighted by Gasteiger charge is 2.07. The first kappa shape index (κ1) is 13.0. The average Bonchev–Trinajstić information content (AvgIpc) is 2.33. The van der Waals surface area contributed by atoms with Crippen molar-refractivity contribution in [2.75, 3.05) is 11.1 Å². The fraction of sp³-hybridized carbons (Fsp3) is 0.200. The van der Waals surface area contributed by atoms with Crippen LogP contribution >= 0.6 is 15.9 Å². The number of anilines is 2. The van der Waals surface area contributed by atoms with E-state index >= 15 is 0 Å². The van der Waals surface area contributed by atoms with Crippen molar-refractivity contribution in [1.29, 1.82) is 0 Å². The quantitative estimate of drug-likeness (QED) is 0.819. The number of hydrogen-bond acceptors (Lipinski definition) is 2. The smallest absolute Gasteiger partial charge is 0.0490 e. The standard InChI is InChI=1S/C15H17BrN2/c1-10-3-5-12(6-4-10)11(2)18-15-8-7-13(17)9-14(15)16/h3-9,11,18H,17H2,1-2H3. The molecule has 1 unspecified atom stereocenters. The number of nitrogens with two attached hydrogens (primary N) is 1. The first-order valence-electron chi connectivity index (χ1n) is 5.94. The third kappa shape index (κ3) is 3.05. The monoisotopic (exact) mass is 304 g/mol. The van der Waals surface area contributed by atoms with Crippen molar-refractivity contribution in [3.05, 3.63) is 58.1 Å². The van der Waals surface area contributed by atoms with Gasteiger partial charge in [-0.1, -0.05) is 29.8 Å². The van der Waals surface area contributed by atoms with Gasteiger partial charge in [-0.3, -0.25) is 0 Å². The van der Waals surface area contributed by atoms with Gasteiger partial charge in [-0.25, -0.2) is 0 Å². The molecular weight excluding hydrogens is 288 g/mol. The van der Waals surface area contributed by atoms with Gasteiger partial charge in [0.2, 0.25) is 0 Å². The summed E-state index contributed by atoms with van der Waals surface area (Å²) in [6, 6.07) is 14.6. The minimum absolute atomic E-state index is 0.255. The van der Waals surface area contributed by atoms with E-state index in [1.54, 1.807) is 0 Å². The molecule has 0 saturated carbocycles. The third-order valence-corrected chi connectivity index (χ3v) is 3.60. The molecule has 2 rings (SSSR count). The Morgan fingerprint density at radius 2 is 1.78 bits per heavy atom. The van der Waals surface area contributed by atoms with E-state index < -0.39 is 0 Å². The minimum atomic E-state index is 0.255. The predicted molar refractivity (Wildman–Crippen MR) is 81.8 cm³/mol. The van der Waals surface area contributed by atoms with Crippen LogP contribution in [0.1, 0.15) is 24.1 Å². The average molecular weight is 305 g/mol. The summed E-state index contributed by atoms with van der Waals surface area (Å²) in [7, 11) is 0. The molecule has 94 valence electrons. The zero-order valence-electron chi connectivity index (χ0n) is 10.6. The number of halogens is 1. The van der Waals surface area contributed by atoms with Crippen LogP contribution in [0.25, 0.3) is 0 Å². The second kappa shape index (κ2) is 5.44. The summed E-state index contributed by atoms with van der Waals surface area (Å²) in [6.45, 7) is 4.24. The normalized spacial score (nSPS) is 12.2. The minimum Gasteiger partial charge on any atom is -0.399 e. The third-order valence-electron chi connectivity index (χ3n) is 2.94. The molecule has 0 amide bonds. The molecule has 1 atom stereocenters. The number of nitrogen functional groups attached to an aromatic ring is 1. The number of aryl methyl sites for hydroxylation is 1. The van der Waals surface area contributed by atoms with Crippen LogP contribution in [-0.2, 0) is 0 Å². The molecule has 0 aliphatic rings.